The van der Waals surface area contributed by atoms with Crippen LogP contribution in [0.3, 0.4) is 0 Å². The molecular formula is C19H18FN3O2. The number of hydrogen-bond donors (Lipinski definition) is 1. The number of amides is 1. The van der Waals surface area contributed by atoms with Crippen molar-refractivity contribution in [1.29, 1.82) is 5.26 Å². The molecular weight excluding hydrogens is 321 g/mol. The van der Waals surface area contributed by atoms with Crippen LogP contribution >= 0.6 is 0 Å². The van der Waals surface area contributed by atoms with Crippen LogP contribution in [0.4, 0.5) is 4.39 Å². The van der Waals surface area contributed by atoms with Crippen molar-refractivity contribution < 1.29 is 13.9 Å². The van der Waals surface area contributed by atoms with E-state index in [2.05, 4.69) is 10.3 Å². The van der Waals surface area contributed by atoms with E-state index in [1.165, 1.54) is 12.1 Å². The molecule has 1 aromatic heterocycles. The van der Waals surface area contributed by atoms with Crippen molar-refractivity contribution in [3.8, 4) is 11.9 Å². The lowest BCUT2D eigenvalue weighted by Gasteiger charge is -2.32. The number of aromatic nitrogens is 1. The van der Waals surface area contributed by atoms with Crippen LogP contribution in [0.5, 0.6) is 5.88 Å². The number of halogens is 1. The Balaban J connectivity index is 1.74. The molecule has 128 valence electrons. The third kappa shape index (κ3) is 3.77. The van der Waals surface area contributed by atoms with E-state index < -0.39 is 5.82 Å². The number of nitrogens with one attached hydrogen (secondary N) is 1. The van der Waals surface area contributed by atoms with E-state index in [0.717, 1.165) is 12.1 Å². The summed E-state index contributed by atoms with van der Waals surface area (Å²) in [6, 6.07) is 11.6. The van der Waals surface area contributed by atoms with Crippen molar-refractivity contribution in [1.82, 2.24) is 10.3 Å². The zero-order valence-electron chi connectivity index (χ0n) is 13.9. The first kappa shape index (κ1) is 16.9. The molecule has 2 heterocycles. The topological polar surface area (TPSA) is 75.0 Å². The Morgan fingerprint density at radius 2 is 2.24 bits per heavy atom. The number of carbonyl (C=O) groups excluding carboxylic acids is 1. The zero-order chi connectivity index (χ0) is 17.9. The molecule has 5 nitrogen and oxygen atoms in total. The smallest absolute Gasteiger partial charge is 0.220 e. The number of benzene rings is 1. The number of hydrogen-bond acceptors (Lipinski definition) is 4. The molecule has 1 fully saturated rings. The number of rotatable bonds is 4. The summed E-state index contributed by atoms with van der Waals surface area (Å²) in [6.45, 7) is 2.65. The number of carbonyl (C=O) groups is 1. The van der Waals surface area contributed by atoms with Gasteiger partial charge in [-0.3, -0.25) is 4.79 Å². The summed E-state index contributed by atoms with van der Waals surface area (Å²) in [4.78, 5) is 16.2. The van der Waals surface area contributed by atoms with Gasteiger partial charge in [0, 0.05) is 30.0 Å². The van der Waals surface area contributed by atoms with Gasteiger partial charge < -0.3 is 10.1 Å². The van der Waals surface area contributed by atoms with Gasteiger partial charge in [0.1, 0.15) is 12.4 Å². The lowest BCUT2D eigenvalue weighted by molar-refractivity contribution is -0.123. The van der Waals surface area contributed by atoms with Gasteiger partial charge in [0.2, 0.25) is 11.8 Å². The summed E-state index contributed by atoms with van der Waals surface area (Å²) in [7, 11) is 0. The molecule has 0 radical (unpaired) electrons. The van der Waals surface area contributed by atoms with Crippen molar-refractivity contribution in [2.24, 2.45) is 0 Å². The molecule has 0 aliphatic carbocycles. The van der Waals surface area contributed by atoms with E-state index in [1.807, 2.05) is 25.1 Å². The van der Waals surface area contributed by atoms with Crippen molar-refractivity contribution in [3.05, 3.63) is 59.0 Å². The molecule has 1 aromatic carbocycles. The quantitative estimate of drug-likeness (QED) is 0.929. The summed E-state index contributed by atoms with van der Waals surface area (Å²) in [6.07, 6.45) is 1.19. The minimum absolute atomic E-state index is 0.0153. The minimum atomic E-state index is -0.480. The van der Waals surface area contributed by atoms with E-state index in [-0.39, 0.29) is 23.5 Å². The maximum absolute atomic E-state index is 13.9. The van der Waals surface area contributed by atoms with Crippen LogP contribution < -0.4 is 10.1 Å². The Kier molecular flexibility index (Phi) is 4.66. The Labute approximate surface area is 145 Å². The maximum atomic E-state index is 13.9. The van der Waals surface area contributed by atoms with Gasteiger partial charge in [-0.2, -0.15) is 5.26 Å². The first-order chi connectivity index (χ1) is 12.0. The second kappa shape index (κ2) is 6.89. The van der Waals surface area contributed by atoms with Crippen LogP contribution in [0, 0.1) is 17.1 Å². The molecule has 1 aliphatic rings. The van der Waals surface area contributed by atoms with E-state index >= 15 is 0 Å². The van der Waals surface area contributed by atoms with Gasteiger partial charge >= 0.3 is 0 Å². The number of piperidine rings is 1. The molecule has 25 heavy (non-hydrogen) atoms. The lowest BCUT2D eigenvalue weighted by Crippen LogP contribution is -2.42. The molecule has 0 spiro atoms. The fourth-order valence-corrected chi connectivity index (χ4v) is 2.92. The highest BCUT2D eigenvalue weighted by molar-refractivity contribution is 5.78. The second-order valence-corrected chi connectivity index (χ2v) is 6.41. The first-order valence-corrected chi connectivity index (χ1v) is 8.06. The first-order valence-electron chi connectivity index (χ1n) is 8.06. The minimum Gasteiger partial charge on any atom is -0.473 e. The van der Waals surface area contributed by atoms with Crippen LogP contribution in [0.1, 0.15) is 36.6 Å². The van der Waals surface area contributed by atoms with Gasteiger partial charge in [0.05, 0.1) is 17.3 Å². The fraction of sp³-hybridized carbons (Fsp3) is 0.316. The van der Waals surface area contributed by atoms with E-state index in [4.69, 9.17) is 10.00 Å². The van der Waals surface area contributed by atoms with Crippen molar-refractivity contribution >= 4 is 5.91 Å². The predicted molar refractivity (Wildman–Crippen MR) is 89.3 cm³/mol. The molecule has 1 atom stereocenters. The van der Waals surface area contributed by atoms with Gasteiger partial charge in [-0.1, -0.05) is 19.1 Å². The van der Waals surface area contributed by atoms with Crippen molar-refractivity contribution in [3.63, 3.8) is 0 Å². The number of ether oxygens (including phenoxy) is 1. The highest BCUT2D eigenvalue weighted by atomic mass is 19.1. The van der Waals surface area contributed by atoms with Gasteiger partial charge in [0.25, 0.3) is 0 Å². The monoisotopic (exact) mass is 339 g/mol. The Hall–Kier alpha value is -2.94. The Morgan fingerprint density at radius 1 is 1.40 bits per heavy atom. The maximum Gasteiger partial charge on any atom is 0.220 e. The molecule has 2 aromatic rings. The van der Waals surface area contributed by atoms with Gasteiger partial charge in [-0.05, 0) is 24.6 Å². The summed E-state index contributed by atoms with van der Waals surface area (Å²) < 4.78 is 19.5. The van der Waals surface area contributed by atoms with Crippen LogP contribution in [-0.2, 0) is 16.8 Å². The SMILES string of the molecule is CC1(c2cccc(OCc3ccc(C#N)cc3F)n2)CCNC(=O)C1. The van der Waals surface area contributed by atoms with Gasteiger partial charge in [-0.25, -0.2) is 9.37 Å². The molecule has 6 heteroatoms. The van der Waals surface area contributed by atoms with Crippen LogP contribution in [0.15, 0.2) is 36.4 Å². The normalized spacial score (nSPS) is 19.8. The van der Waals surface area contributed by atoms with Gasteiger partial charge in [0.15, 0.2) is 0 Å². The summed E-state index contributed by atoms with van der Waals surface area (Å²) in [5.74, 6) is -0.0823. The average molecular weight is 339 g/mol. The van der Waals surface area contributed by atoms with Gasteiger partial charge in [-0.15, -0.1) is 0 Å². The second-order valence-electron chi connectivity index (χ2n) is 6.41. The van der Waals surface area contributed by atoms with Crippen LogP contribution in [-0.4, -0.2) is 17.4 Å². The van der Waals surface area contributed by atoms with E-state index in [0.29, 0.717) is 24.4 Å². The zero-order valence-corrected chi connectivity index (χ0v) is 13.9. The van der Waals surface area contributed by atoms with E-state index in [1.54, 1.807) is 12.1 Å². The third-order valence-corrected chi connectivity index (χ3v) is 4.45. The average Bonchev–Trinajstić information content (AvgIpc) is 2.60. The predicted octanol–water partition coefficient (Wildman–Crippen LogP) is 2.84. The molecule has 0 saturated carbocycles. The fourth-order valence-electron chi connectivity index (χ4n) is 2.92. The Morgan fingerprint density at radius 3 is 2.96 bits per heavy atom. The summed E-state index contributed by atoms with van der Waals surface area (Å²) in [5.41, 5.74) is 1.08. The lowest BCUT2D eigenvalue weighted by atomic mass is 9.77. The van der Waals surface area contributed by atoms with Crippen molar-refractivity contribution in [2.45, 2.75) is 31.8 Å². The largest absolute Gasteiger partial charge is 0.473 e. The number of pyridine rings is 1. The number of nitriles is 1. The molecule has 1 unspecified atom stereocenters. The molecule has 0 bridgehead atoms. The molecule has 1 aliphatic heterocycles. The molecule has 1 amide bonds. The highest BCUT2D eigenvalue weighted by Gasteiger charge is 2.34. The van der Waals surface area contributed by atoms with Crippen LogP contribution in [0.25, 0.3) is 0 Å². The van der Waals surface area contributed by atoms with E-state index in [9.17, 15) is 9.18 Å². The molecule has 3 rings (SSSR count). The number of nitrogens with zero attached hydrogens (tertiary/aromatic N) is 2. The van der Waals surface area contributed by atoms with Crippen molar-refractivity contribution in [2.75, 3.05) is 6.54 Å². The highest BCUT2D eigenvalue weighted by Crippen LogP contribution is 2.32. The summed E-state index contributed by atoms with van der Waals surface area (Å²) >= 11 is 0. The molecule has 1 saturated heterocycles. The third-order valence-electron chi connectivity index (χ3n) is 4.45. The standard InChI is InChI=1S/C19H18FN3O2/c1-19(7-8-22-17(24)10-19)16-3-2-4-18(23-16)25-12-14-6-5-13(11-21)9-15(14)20/h2-6,9H,7-8,10,12H2,1H3,(H,22,24). The van der Waals surface area contributed by atoms with Crippen LogP contribution in [0.2, 0.25) is 0 Å². The Bertz CT molecular complexity index is 847. The summed E-state index contributed by atoms with van der Waals surface area (Å²) in [5, 5.41) is 11.6. The molecule has 1 N–H and O–H groups in total.